The number of aryl methyl sites for hydroxylation is 1. The Balaban J connectivity index is 1.62. The number of nitrogens with zero attached hydrogens (tertiary/aromatic N) is 5. The van der Waals surface area contributed by atoms with Gasteiger partial charge in [-0.3, -0.25) is 9.69 Å². The zero-order valence-electron chi connectivity index (χ0n) is 15.1. The third-order valence-electron chi connectivity index (χ3n) is 4.22. The first-order chi connectivity index (χ1) is 12.7. The summed E-state index contributed by atoms with van der Waals surface area (Å²) in [6.07, 6.45) is 3.41. The van der Waals surface area contributed by atoms with Crippen LogP contribution in [0.5, 0.6) is 0 Å². The van der Waals surface area contributed by atoms with Crippen LogP contribution in [0.2, 0.25) is 0 Å². The molecule has 9 heteroatoms. The Hall–Kier alpha value is -2.10. The molecule has 2 aromatic heterocycles. The number of nitrogens with one attached hydrogen (secondary N) is 1. The van der Waals surface area contributed by atoms with Crippen molar-refractivity contribution < 1.29 is 9.53 Å². The first kappa shape index (κ1) is 18.7. The summed E-state index contributed by atoms with van der Waals surface area (Å²) in [6.45, 7) is 7.68. The Morgan fingerprint density at radius 2 is 2.12 bits per heavy atom. The average Bonchev–Trinajstić information content (AvgIpc) is 3.09. The fourth-order valence-corrected chi connectivity index (χ4v) is 3.56. The van der Waals surface area contributed by atoms with E-state index >= 15 is 0 Å². The van der Waals surface area contributed by atoms with Gasteiger partial charge in [-0.15, -0.1) is 0 Å². The number of rotatable bonds is 8. The van der Waals surface area contributed by atoms with Crippen molar-refractivity contribution in [2.45, 2.75) is 13.3 Å². The average molecular weight is 376 g/mol. The van der Waals surface area contributed by atoms with E-state index in [0.29, 0.717) is 21.7 Å². The van der Waals surface area contributed by atoms with Crippen LogP contribution in [0.4, 0.5) is 16.8 Å². The van der Waals surface area contributed by atoms with Crippen molar-refractivity contribution in [1.29, 1.82) is 0 Å². The number of aromatic nitrogens is 3. The van der Waals surface area contributed by atoms with Gasteiger partial charge in [-0.1, -0.05) is 11.3 Å². The van der Waals surface area contributed by atoms with E-state index in [2.05, 4.69) is 30.1 Å². The zero-order valence-corrected chi connectivity index (χ0v) is 16.0. The second kappa shape index (κ2) is 9.02. The number of anilines is 3. The summed E-state index contributed by atoms with van der Waals surface area (Å²) >= 11 is 1.30. The molecule has 0 amide bonds. The lowest BCUT2D eigenvalue weighted by Crippen LogP contribution is -2.47. The molecule has 26 heavy (non-hydrogen) atoms. The Kier molecular flexibility index (Phi) is 6.48. The predicted octanol–water partition coefficient (Wildman–Crippen LogP) is 1.96. The molecule has 0 atom stereocenters. The van der Waals surface area contributed by atoms with E-state index in [0.717, 1.165) is 57.9 Å². The van der Waals surface area contributed by atoms with Gasteiger partial charge in [-0.2, -0.15) is 0 Å². The summed E-state index contributed by atoms with van der Waals surface area (Å²) in [6, 6.07) is 1.94. The summed E-state index contributed by atoms with van der Waals surface area (Å²) < 4.78 is 5.12. The molecule has 1 aliphatic rings. The maximum Gasteiger partial charge on any atom is 0.188 e. The monoisotopic (exact) mass is 376 g/mol. The molecule has 3 heterocycles. The molecule has 0 radical (unpaired) electrons. The summed E-state index contributed by atoms with van der Waals surface area (Å²) in [7, 11) is 1.74. The Labute approximate surface area is 157 Å². The molecule has 1 saturated heterocycles. The maximum absolute atomic E-state index is 10.8. The van der Waals surface area contributed by atoms with Crippen LogP contribution in [0.15, 0.2) is 12.3 Å². The number of hydrogen-bond acceptors (Lipinski definition) is 9. The molecule has 0 aromatic carbocycles. The van der Waals surface area contributed by atoms with Crippen molar-refractivity contribution in [3.8, 4) is 0 Å². The maximum atomic E-state index is 10.8. The molecule has 1 aliphatic heterocycles. The Bertz CT molecular complexity index is 730. The van der Waals surface area contributed by atoms with E-state index in [1.807, 2.05) is 13.0 Å². The fourth-order valence-electron chi connectivity index (χ4n) is 2.92. The van der Waals surface area contributed by atoms with Crippen molar-refractivity contribution >= 4 is 34.4 Å². The van der Waals surface area contributed by atoms with Crippen LogP contribution in [0.3, 0.4) is 0 Å². The number of hydrogen-bond donors (Lipinski definition) is 1. The van der Waals surface area contributed by atoms with E-state index in [-0.39, 0.29) is 0 Å². The van der Waals surface area contributed by atoms with Crippen LogP contribution in [0, 0.1) is 6.92 Å². The van der Waals surface area contributed by atoms with Gasteiger partial charge < -0.3 is 15.0 Å². The van der Waals surface area contributed by atoms with E-state index in [9.17, 15) is 4.79 Å². The highest BCUT2D eigenvalue weighted by atomic mass is 32.1. The van der Waals surface area contributed by atoms with Gasteiger partial charge in [0.1, 0.15) is 17.5 Å². The van der Waals surface area contributed by atoms with Gasteiger partial charge in [0.2, 0.25) is 0 Å². The van der Waals surface area contributed by atoms with Gasteiger partial charge in [-0.05, 0) is 13.3 Å². The van der Waals surface area contributed by atoms with E-state index < -0.39 is 0 Å². The molecule has 2 aromatic rings. The molecule has 3 rings (SSSR count). The highest BCUT2D eigenvalue weighted by molar-refractivity contribution is 7.17. The molecule has 8 nitrogen and oxygen atoms in total. The minimum Gasteiger partial charge on any atom is -0.385 e. The van der Waals surface area contributed by atoms with Crippen LogP contribution in [-0.2, 0) is 4.74 Å². The van der Waals surface area contributed by atoms with Crippen molar-refractivity contribution in [1.82, 2.24) is 19.9 Å². The third kappa shape index (κ3) is 4.96. The van der Waals surface area contributed by atoms with Crippen LogP contribution in [0.25, 0.3) is 0 Å². The van der Waals surface area contributed by atoms with Gasteiger partial charge in [0.05, 0.1) is 11.1 Å². The van der Waals surface area contributed by atoms with Crippen molar-refractivity contribution in [3.63, 3.8) is 0 Å². The number of carbonyl (C=O) groups excluding carboxylic acids is 1. The van der Waals surface area contributed by atoms with Crippen molar-refractivity contribution in [2.24, 2.45) is 0 Å². The smallest absolute Gasteiger partial charge is 0.188 e. The van der Waals surface area contributed by atoms with Gasteiger partial charge in [-0.25, -0.2) is 15.0 Å². The molecule has 1 fully saturated rings. The molecule has 1 N–H and O–H groups in total. The van der Waals surface area contributed by atoms with E-state index in [1.54, 1.807) is 13.3 Å². The molecule has 0 spiro atoms. The molecular weight excluding hydrogens is 352 g/mol. The van der Waals surface area contributed by atoms with Crippen molar-refractivity contribution in [2.75, 3.05) is 56.7 Å². The second-order valence-electron chi connectivity index (χ2n) is 6.14. The molecule has 0 saturated carbocycles. The summed E-state index contributed by atoms with van der Waals surface area (Å²) in [5.74, 6) is 2.32. The van der Waals surface area contributed by atoms with Crippen molar-refractivity contribution in [3.05, 3.63) is 23.0 Å². The second-order valence-corrected chi connectivity index (χ2v) is 7.21. The van der Waals surface area contributed by atoms with E-state index in [1.165, 1.54) is 11.3 Å². The highest BCUT2D eigenvalue weighted by Crippen LogP contribution is 2.23. The normalized spacial score (nSPS) is 15.2. The number of aldehydes is 1. The number of piperazine rings is 1. The highest BCUT2D eigenvalue weighted by Gasteiger charge is 2.19. The molecule has 140 valence electrons. The molecule has 0 aliphatic carbocycles. The first-order valence-corrected chi connectivity index (χ1v) is 9.49. The van der Waals surface area contributed by atoms with Gasteiger partial charge >= 0.3 is 0 Å². The minimum atomic E-state index is 0.586. The number of thiazole rings is 1. The molecular formula is C17H24N6O2S. The van der Waals surface area contributed by atoms with Crippen LogP contribution < -0.4 is 10.2 Å². The van der Waals surface area contributed by atoms with Gasteiger partial charge in [0.15, 0.2) is 11.4 Å². The lowest BCUT2D eigenvalue weighted by Gasteiger charge is -2.35. The van der Waals surface area contributed by atoms with Crippen LogP contribution in [0.1, 0.15) is 21.9 Å². The van der Waals surface area contributed by atoms with Gasteiger partial charge in [0, 0.05) is 52.5 Å². The molecule has 0 bridgehead atoms. The SMILES string of the molecule is COCCCN1CCN(c2cc(Nc3ncc(C=O)s3)nc(C)n2)CC1. The first-order valence-electron chi connectivity index (χ1n) is 8.68. The fraction of sp³-hybridized carbons (Fsp3) is 0.529. The Morgan fingerprint density at radius 3 is 2.81 bits per heavy atom. The standard InChI is InChI=1S/C17H24N6O2S/c1-13-19-15(21-17-18-11-14(12-24)26-17)10-16(20-13)23-7-5-22(6-8-23)4-3-9-25-2/h10-12H,3-9H2,1-2H3,(H,18,19,20,21). The number of methoxy groups -OCH3 is 1. The lowest BCUT2D eigenvalue weighted by molar-refractivity contribution is 0.112. The largest absolute Gasteiger partial charge is 0.385 e. The third-order valence-corrected chi connectivity index (χ3v) is 5.06. The zero-order chi connectivity index (χ0) is 18.4. The summed E-state index contributed by atoms with van der Waals surface area (Å²) in [5, 5.41) is 3.82. The van der Waals surface area contributed by atoms with Crippen LogP contribution in [-0.4, -0.2) is 72.6 Å². The summed E-state index contributed by atoms with van der Waals surface area (Å²) in [5.41, 5.74) is 0. The number of carbonyl (C=O) groups is 1. The molecule has 0 unspecified atom stereocenters. The minimum absolute atomic E-state index is 0.586. The van der Waals surface area contributed by atoms with Gasteiger partial charge in [0.25, 0.3) is 0 Å². The van der Waals surface area contributed by atoms with Crippen LogP contribution >= 0.6 is 11.3 Å². The summed E-state index contributed by atoms with van der Waals surface area (Å²) in [4.78, 5) is 29.3. The number of ether oxygens (including phenoxy) is 1. The quantitative estimate of drug-likeness (QED) is 0.553. The topological polar surface area (TPSA) is 83.5 Å². The lowest BCUT2D eigenvalue weighted by atomic mass is 10.3. The predicted molar refractivity (Wildman–Crippen MR) is 103 cm³/mol. The Morgan fingerprint density at radius 1 is 1.31 bits per heavy atom. The van der Waals surface area contributed by atoms with E-state index in [4.69, 9.17) is 4.74 Å².